The third kappa shape index (κ3) is 2.80. The summed E-state index contributed by atoms with van der Waals surface area (Å²) < 4.78 is 4.55. The van der Waals surface area contributed by atoms with Crippen LogP contribution < -0.4 is 0 Å². The summed E-state index contributed by atoms with van der Waals surface area (Å²) >= 11 is 0. The second kappa shape index (κ2) is 6.49. The van der Waals surface area contributed by atoms with E-state index in [1.54, 1.807) is 0 Å². The molecule has 119 valence electrons. The summed E-state index contributed by atoms with van der Waals surface area (Å²) in [4.78, 5) is 45.7. The minimum atomic E-state index is -1.41. The number of fused-ring (bicyclic) bond motifs is 1. The molecular formula is C16H8BiO7. The SMILES string of the molecule is O=C(O)c1ccc(-c2cccc3c2C(=O)OC3=O)cc1C(=O)O.[Bi]. The van der Waals surface area contributed by atoms with E-state index in [-0.39, 0.29) is 42.9 Å². The van der Waals surface area contributed by atoms with Crippen LogP contribution in [0.15, 0.2) is 36.4 Å². The predicted octanol–water partition coefficient (Wildman–Crippen LogP) is 1.68. The first-order valence-corrected chi connectivity index (χ1v) is 6.40. The molecule has 1 aliphatic heterocycles. The van der Waals surface area contributed by atoms with E-state index < -0.39 is 29.4 Å². The Kier molecular flexibility index (Phi) is 4.80. The minimum Gasteiger partial charge on any atom is -0.478 e. The Balaban J connectivity index is 0.00000208. The molecule has 7 nitrogen and oxygen atoms in total. The van der Waals surface area contributed by atoms with Gasteiger partial charge in [-0.15, -0.1) is 0 Å². The molecule has 0 fully saturated rings. The molecule has 0 aliphatic carbocycles. The van der Waals surface area contributed by atoms with E-state index in [1.165, 1.54) is 24.3 Å². The van der Waals surface area contributed by atoms with E-state index in [9.17, 15) is 19.2 Å². The van der Waals surface area contributed by atoms with E-state index in [2.05, 4.69) is 4.74 Å². The number of cyclic esters (lactones) is 2. The molecule has 24 heavy (non-hydrogen) atoms. The van der Waals surface area contributed by atoms with Crippen LogP contribution >= 0.6 is 0 Å². The van der Waals surface area contributed by atoms with Gasteiger partial charge in [0.25, 0.3) is 0 Å². The molecule has 3 radical (unpaired) electrons. The molecule has 0 amide bonds. The summed E-state index contributed by atoms with van der Waals surface area (Å²) in [7, 11) is 0. The largest absolute Gasteiger partial charge is 0.478 e. The Morgan fingerprint density at radius 1 is 0.833 bits per heavy atom. The number of aromatic carboxylic acids is 2. The van der Waals surface area contributed by atoms with Crippen LogP contribution in [0.1, 0.15) is 41.4 Å². The number of rotatable bonds is 3. The number of carboxylic acid groups (broad SMARTS) is 2. The monoisotopic (exact) mass is 521 g/mol. The minimum absolute atomic E-state index is 0. The van der Waals surface area contributed by atoms with Crippen molar-refractivity contribution in [3.8, 4) is 11.1 Å². The van der Waals surface area contributed by atoms with E-state index >= 15 is 0 Å². The van der Waals surface area contributed by atoms with Crippen molar-refractivity contribution >= 4 is 50.1 Å². The van der Waals surface area contributed by atoms with E-state index in [4.69, 9.17) is 10.2 Å². The number of carbonyl (C=O) groups excluding carboxylic acids is 2. The standard InChI is InChI=1S/C16H8O7.Bi/c17-13(18)9-5-4-7(6-11(9)14(19)20)8-2-1-3-10-12(8)16(22)23-15(10)21;/h1-6H,(H,17,18)(H,19,20);. The molecule has 0 atom stereocenters. The molecule has 2 aromatic carbocycles. The molecule has 0 saturated heterocycles. The summed E-state index contributed by atoms with van der Waals surface area (Å²) in [6, 6.07) is 8.15. The van der Waals surface area contributed by atoms with Crippen molar-refractivity contribution in [2.75, 3.05) is 0 Å². The Morgan fingerprint density at radius 2 is 1.46 bits per heavy atom. The summed E-state index contributed by atoms with van der Waals surface area (Å²) in [6.45, 7) is 0. The van der Waals surface area contributed by atoms with Crippen LogP contribution in [0.3, 0.4) is 0 Å². The molecule has 0 unspecified atom stereocenters. The Labute approximate surface area is 154 Å². The third-order valence-corrected chi connectivity index (χ3v) is 3.47. The molecule has 0 bridgehead atoms. The summed E-state index contributed by atoms with van der Waals surface area (Å²) in [5.41, 5.74) is -0.0462. The number of hydrogen-bond donors (Lipinski definition) is 2. The first kappa shape index (κ1) is 17.8. The van der Waals surface area contributed by atoms with Crippen molar-refractivity contribution in [3.63, 3.8) is 0 Å². The molecule has 8 heteroatoms. The second-order valence-electron chi connectivity index (χ2n) is 4.78. The fraction of sp³-hybridized carbons (Fsp3) is 0. The van der Waals surface area contributed by atoms with Gasteiger partial charge in [-0.25, -0.2) is 19.2 Å². The van der Waals surface area contributed by atoms with Gasteiger partial charge in [0.05, 0.1) is 22.3 Å². The van der Waals surface area contributed by atoms with Gasteiger partial charge in [-0.05, 0) is 29.3 Å². The molecular weight excluding hydrogens is 513 g/mol. The number of benzene rings is 2. The van der Waals surface area contributed by atoms with Crippen LogP contribution in [0.5, 0.6) is 0 Å². The number of esters is 2. The van der Waals surface area contributed by atoms with Crippen molar-refractivity contribution in [2.24, 2.45) is 0 Å². The maximum absolute atomic E-state index is 11.8. The van der Waals surface area contributed by atoms with Crippen LogP contribution in [-0.2, 0) is 4.74 Å². The summed E-state index contributed by atoms with van der Waals surface area (Å²) in [5, 5.41) is 18.2. The smallest absolute Gasteiger partial charge is 0.347 e. The molecule has 2 aromatic rings. The summed E-state index contributed by atoms with van der Waals surface area (Å²) in [5.74, 6) is -4.37. The maximum Gasteiger partial charge on any atom is 0.347 e. The van der Waals surface area contributed by atoms with Crippen LogP contribution in [0.2, 0.25) is 0 Å². The van der Waals surface area contributed by atoms with Crippen LogP contribution in [0.4, 0.5) is 0 Å². The zero-order valence-electron chi connectivity index (χ0n) is 11.8. The topological polar surface area (TPSA) is 118 Å². The average Bonchev–Trinajstić information content (AvgIpc) is 2.81. The zero-order valence-corrected chi connectivity index (χ0v) is 15.3. The Hall–Kier alpha value is -2.60. The van der Waals surface area contributed by atoms with Gasteiger partial charge in [0.1, 0.15) is 0 Å². The quantitative estimate of drug-likeness (QED) is 0.359. The number of carboxylic acids is 2. The molecule has 3 rings (SSSR count). The normalized spacial score (nSPS) is 12.2. The zero-order chi connectivity index (χ0) is 16.7. The number of carbonyl (C=O) groups is 4. The van der Waals surface area contributed by atoms with Gasteiger partial charge in [0.2, 0.25) is 0 Å². The van der Waals surface area contributed by atoms with Gasteiger partial charge >= 0.3 is 23.9 Å². The van der Waals surface area contributed by atoms with Crippen LogP contribution in [-0.4, -0.2) is 60.3 Å². The van der Waals surface area contributed by atoms with E-state index in [0.717, 1.165) is 12.1 Å². The molecule has 0 saturated carbocycles. The first-order valence-electron chi connectivity index (χ1n) is 6.40. The van der Waals surface area contributed by atoms with Gasteiger partial charge in [0.15, 0.2) is 0 Å². The fourth-order valence-electron chi connectivity index (χ4n) is 2.45. The molecule has 1 heterocycles. The first-order chi connectivity index (χ1) is 10.9. The van der Waals surface area contributed by atoms with Gasteiger partial charge in [-0.2, -0.15) is 0 Å². The van der Waals surface area contributed by atoms with Crippen molar-refractivity contribution in [1.29, 1.82) is 0 Å². The van der Waals surface area contributed by atoms with Crippen LogP contribution in [0, 0.1) is 0 Å². The summed E-state index contributed by atoms with van der Waals surface area (Å²) in [6.07, 6.45) is 0. The van der Waals surface area contributed by atoms with E-state index in [1.807, 2.05) is 0 Å². The van der Waals surface area contributed by atoms with Crippen LogP contribution in [0.25, 0.3) is 11.1 Å². The average molecular weight is 521 g/mol. The van der Waals surface area contributed by atoms with Gasteiger partial charge in [-0.1, -0.05) is 18.2 Å². The van der Waals surface area contributed by atoms with Crippen molar-refractivity contribution in [3.05, 3.63) is 58.7 Å². The van der Waals surface area contributed by atoms with Crippen molar-refractivity contribution in [2.45, 2.75) is 0 Å². The Morgan fingerprint density at radius 3 is 2.08 bits per heavy atom. The third-order valence-electron chi connectivity index (χ3n) is 3.47. The Bertz CT molecular complexity index is 901. The van der Waals surface area contributed by atoms with E-state index in [0.29, 0.717) is 11.1 Å². The van der Waals surface area contributed by atoms with Gasteiger partial charge < -0.3 is 14.9 Å². The van der Waals surface area contributed by atoms with Crippen molar-refractivity contribution in [1.82, 2.24) is 0 Å². The molecule has 0 aromatic heterocycles. The van der Waals surface area contributed by atoms with Crippen molar-refractivity contribution < 1.29 is 34.1 Å². The predicted molar refractivity (Wildman–Crippen MR) is 81.3 cm³/mol. The molecule has 0 spiro atoms. The molecule has 2 N–H and O–H groups in total. The fourth-order valence-corrected chi connectivity index (χ4v) is 2.45. The second-order valence-corrected chi connectivity index (χ2v) is 4.78. The number of ether oxygens (including phenoxy) is 1. The number of hydrogen-bond acceptors (Lipinski definition) is 5. The van der Waals surface area contributed by atoms with Gasteiger partial charge in [-0.3, -0.25) is 0 Å². The maximum atomic E-state index is 11.8. The van der Waals surface area contributed by atoms with Gasteiger partial charge in [0, 0.05) is 26.2 Å². The molecule has 1 aliphatic rings.